The minimum absolute atomic E-state index is 0.131. The van der Waals surface area contributed by atoms with Crippen LogP contribution < -0.4 is 20.5 Å². The van der Waals surface area contributed by atoms with Crippen LogP contribution >= 0.6 is 0 Å². The van der Waals surface area contributed by atoms with Gasteiger partial charge in [-0.15, -0.1) is 5.10 Å². The fraction of sp³-hybridized carbons (Fsp3) is 0.111. The normalized spacial score (nSPS) is 12.6. The van der Waals surface area contributed by atoms with E-state index >= 15 is 0 Å². The number of hydrogen-bond donors (Lipinski definition) is 1. The second-order valence-electron chi connectivity index (χ2n) is 6.16. The van der Waals surface area contributed by atoms with Gasteiger partial charge in [-0.25, -0.2) is 23.3 Å². The molecule has 0 atom stereocenters. The molecule has 0 bridgehead atoms. The molecule has 28 heavy (non-hydrogen) atoms. The molecule has 0 spiro atoms. The molecule has 0 fully saturated rings. The van der Waals surface area contributed by atoms with Crippen molar-refractivity contribution < 1.29 is 18.7 Å². The Morgan fingerprint density at radius 1 is 1.18 bits per heavy atom. The number of ether oxygens (including phenoxy) is 2. The van der Waals surface area contributed by atoms with Crippen molar-refractivity contribution in [2.45, 2.75) is 6.54 Å². The third-order valence-corrected chi connectivity index (χ3v) is 4.33. The van der Waals surface area contributed by atoms with Gasteiger partial charge in [0, 0.05) is 17.1 Å². The van der Waals surface area contributed by atoms with Crippen LogP contribution in [0.25, 0.3) is 16.6 Å². The van der Waals surface area contributed by atoms with Crippen LogP contribution in [0.2, 0.25) is 0 Å². The van der Waals surface area contributed by atoms with Crippen molar-refractivity contribution in [2.24, 2.45) is 0 Å². The van der Waals surface area contributed by atoms with Crippen LogP contribution in [0.4, 0.5) is 10.1 Å². The van der Waals surface area contributed by atoms with Gasteiger partial charge in [0.1, 0.15) is 18.7 Å². The summed E-state index contributed by atoms with van der Waals surface area (Å²) in [6, 6.07) is 9.01. The van der Waals surface area contributed by atoms with Gasteiger partial charge < -0.3 is 14.8 Å². The summed E-state index contributed by atoms with van der Waals surface area (Å²) in [6.45, 7) is -0.183. The average molecular weight is 381 g/mol. The molecule has 1 N–H and O–H groups in total. The van der Waals surface area contributed by atoms with E-state index in [0.29, 0.717) is 28.1 Å². The lowest BCUT2D eigenvalue weighted by Gasteiger charge is -2.05. The first kappa shape index (κ1) is 16.2. The molecule has 1 amide bonds. The monoisotopic (exact) mass is 381 g/mol. The van der Waals surface area contributed by atoms with E-state index in [1.807, 2.05) is 0 Å². The largest absolute Gasteiger partial charge is 0.454 e. The molecule has 3 heterocycles. The molecule has 0 saturated carbocycles. The fourth-order valence-electron chi connectivity index (χ4n) is 3.04. The third-order valence-electron chi connectivity index (χ3n) is 4.33. The van der Waals surface area contributed by atoms with E-state index in [4.69, 9.17) is 9.47 Å². The lowest BCUT2D eigenvalue weighted by Crippen LogP contribution is -2.28. The van der Waals surface area contributed by atoms with Gasteiger partial charge in [-0.2, -0.15) is 0 Å². The van der Waals surface area contributed by atoms with Gasteiger partial charge in [-0.05, 0) is 30.3 Å². The summed E-state index contributed by atoms with van der Waals surface area (Å²) >= 11 is 0. The molecular weight excluding hydrogens is 369 g/mol. The lowest BCUT2D eigenvalue weighted by atomic mass is 10.2. The van der Waals surface area contributed by atoms with Crippen LogP contribution in [-0.2, 0) is 11.3 Å². The smallest absolute Gasteiger partial charge is 0.352 e. The number of amides is 1. The average Bonchev–Trinajstić information content (AvgIpc) is 3.26. The van der Waals surface area contributed by atoms with E-state index in [2.05, 4.69) is 15.4 Å². The quantitative estimate of drug-likeness (QED) is 0.578. The summed E-state index contributed by atoms with van der Waals surface area (Å²) in [6.07, 6.45) is 1.30. The van der Waals surface area contributed by atoms with Crippen LogP contribution in [-0.4, -0.2) is 31.9 Å². The van der Waals surface area contributed by atoms with Gasteiger partial charge in [0.25, 0.3) is 0 Å². The summed E-state index contributed by atoms with van der Waals surface area (Å²) in [5, 5.41) is 7.24. The number of benzene rings is 2. The topological polar surface area (TPSA) is 99.8 Å². The first-order valence-corrected chi connectivity index (χ1v) is 8.31. The molecule has 1 aliphatic rings. The van der Waals surface area contributed by atoms with E-state index in [1.165, 1.54) is 28.9 Å². The molecule has 0 unspecified atom stereocenters. The van der Waals surface area contributed by atoms with Gasteiger partial charge in [0.15, 0.2) is 17.1 Å². The molecule has 0 aliphatic carbocycles. The Bertz CT molecular complexity index is 1310. The fourth-order valence-corrected chi connectivity index (χ4v) is 3.04. The van der Waals surface area contributed by atoms with E-state index in [0.717, 1.165) is 4.68 Å². The number of halogens is 1. The highest BCUT2D eigenvalue weighted by atomic mass is 19.1. The zero-order valence-corrected chi connectivity index (χ0v) is 14.3. The van der Waals surface area contributed by atoms with Crippen molar-refractivity contribution in [2.75, 3.05) is 12.1 Å². The maximum absolute atomic E-state index is 13.6. The molecule has 10 heteroatoms. The van der Waals surface area contributed by atoms with Crippen molar-refractivity contribution in [3.63, 3.8) is 0 Å². The van der Waals surface area contributed by atoms with E-state index < -0.39 is 17.4 Å². The molecule has 2 aromatic heterocycles. The number of nitrogens with zero attached hydrogens (tertiary/aromatic N) is 4. The number of nitrogens with one attached hydrogen (secondary N) is 1. The first-order chi connectivity index (χ1) is 13.6. The molecule has 0 saturated heterocycles. The number of aromatic nitrogens is 4. The SMILES string of the molecule is O=C(Cn1nc2c3cc(F)ccc3ncn2c1=O)Nc1ccc2c(c1)OCO2. The summed E-state index contributed by atoms with van der Waals surface area (Å²) in [4.78, 5) is 29.0. The van der Waals surface area contributed by atoms with Gasteiger partial charge in [-0.3, -0.25) is 4.79 Å². The van der Waals surface area contributed by atoms with Crippen molar-refractivity contribution in [3.05, 3.63) is 59.0 Å². The zero-order valence-electron chi connectivity index (χ0n) is 14.3. The number of carbonyl (C=O) groups excluding carboxylic acids is 1. The lowest BCUT2D eigenvalue weighted by molar-refractivity contribution is -0.117. The summed E-state index contributed by atoms with van der Waals surface area (Å²) in [7, 11) is 0. The van der Waals surface area contributed by atoms with Crippen molar-refractivity contribution in [1.29, 1.82) is 0 Å². The Balaban J connectivity index is 1.45. The van der Waals surface area contributed by atoms with Gasteiger partial charge >= 0.3 is 5.69 Å². The second kappa shape index (κ2) is 6.05. The number of rotatable bonds is 3. The number of anilines is 1. The van der Waals surface area contributed by atoms with E-state index in [1.54, 1.807) is 18.2 Å². The number of fused-ring (bicyclic) bond motifs is 4. The molecule has 5 rings (SSSR count). The molecule has 2 aromatic carbocycles. The van der Waals surface area contributed by atoms with E-state index in [9.17, 15) is 14.0 Å². The van der Waals surface area contributed by atoms with Crippen molar-refractivity contribution in [3.8, 4) is 11.5 Å². The predicted octanol–water partition coefficient (Wildman–Crippen LogP) is 1.55. The summed E-state index contributed by atoms with van der Waals surface area (Å²) in [5.74, 6) is 0.209. The standard InChI is InChI=1S/C18H12FN5O4/c19-10-1-3-13-12(5-10)17-22-24(18(26)23(17)8-20-13)7-16(25)21-11-2-4-14-15(6-11)28-9-27-14/h1-6,8H,7,9H2,(H,21,25). The highest BCUT2D eigenvalue weighted by Gasteiger charge is 2.16. The Morgan fingerprint density at radius 2 is 2.04 bits per heavy atom. The van der Waals surface area contributed by atoms with Crippen LogP contribution in [0.1, 0.15) is 0 Å². The molecule has 9 nitrogen and oxygen atoms in total. The Morgan fingerprint density at radius 3 is 2.93 bits per heavy atom. The first-order valence-electron chi connectivity index (χ1n) is 8.31. The van der Waals surface area contributed by atoms with Crippen LogP contribution in [0.15, 0.2) is 47.5 Å². The maximum Gasteiger partial charge on any atom is 0.352 e. The van der Waals surface area contributed by atoms with Crippen molar-refractivity contribution >= 4 is 28.1 Å². The van der Waals surface area contributed by atoms with Gasteiger partial charge in [0.05, 0.1) is 5.52 Å². The minimum atomic E-state index is -0.547. The molecule has 4 aromatic rings. The van der Waals surface area contributed by atoms with Crippen LogP contribution in [0, 0.1) is 5.82 Å². The highest BCUT2D eigenvalue weighted by Crippen LogP contribution is 2.34. The number of carbonyl (C=O) groups is 1. The van der Waals surface area contributed by atoms with Gasteiger partial charge in [-0.1, -0.05) is 0 Å². The van der Waals surface area contributed by atoms with E-state index in [-0.39, 0.29) is 19.0 Å². The molecule has 140 valence electrons. The Hall–Kier alpha value is -3.95. The van der Waals surface area contributed by atoms with Crippen LogP contribution in [0.3, 0.4) is 0 Å². The summed E-state index contributed by atoms with van der Waals surface area (Å²) < 4.78 is 26.3. The Kier molecular flexibility index (Phi) is 3.51. The minimum Gasteiger partial charge on any atom is -0.454 e. The second-order valence-corrected chi connectivity index (χ2v) is 6.16. The maximum atomic E-state index is 13.6. The van der Waals surface area contributed by atoms with Crippen LogP contribution in [0.5, 0.6) is 11.5 Å². The molecular formula is C18H12FN5O4. The van der Waals surface area contributed by atoms with Gasteiger partial charge in [0.2, 0.25) is 12.7 Å². The predicted molar refractivity (Wildman–Crippen MR) is 95.9 cm³/mol. The zero-order chi connectivity index (χ0) is 19.3. The van der Waals surface area contributed by atoms with Crippen molar-refractivity contribution in [1.82, 2.24) is 19.2 Å². The molecule has 0 radical (unpaired) electrons. The highest BCUT2D eigenvalue weighted by molar-refractivity contribution is 5.92. The Labute approximate surface area is 155 Å². The number of hydrogen-bond acceptors (Lipinski definition) is 6. The summed E-state index contributed by atoms with van der Waals surface area (Å²) in [5.41, 5.74) is 0.677. The third kappa shape index (κ3) is 2.62. The molecule has 1 aliphatic heterocycles.